The van der Waals surface area contributed by atoms with Crippen molar-refractivity contribution in [3.8, 4) is 0 Å². The monoisotopic (exact) mass is 300 g/mol. The Balaban J connectivity index is 2.39. The quantitative estimate of drug-likeness (QED) is 0.833. The molecule has 0 saturated heterocycles. The summed E-state index contributed by atoms with van der Waals surface area (Å²) in [5, 5.41) is 1.82. The van der Waals surface area contributed by atoms with Crippen molar-refractivity contribution in [1.82, 2.24) is 0 Å². The van der Waals surface area contributed by atoms with Gasteiger partial charge in [0.15, 0.2) is 11.6 Å². The number of hydrogen-bond acceptors (Lipinski definition) is 2. The van der Waals surface area contributed by atoms with E-state index in [1.165, 1.54) is 18.2 Å². The van der Waals surface area contributed by atoms with Gasteiger partial charge < -0.3 is 11.1 Å². The van der Waals surface area contributed by atoms with E-state index in [1.807, 2.05) is 5.32 Å². The van der Waals surface area contributed by atoms with Gasteiger partial charge in [-0.3, -0.25) is 4.79 Å². The van der Waals surface area contributed by atoms with Gasteiger partial charge in [-0.1, -0.05) is 17.7 Å². The molecule has 0 saturated carbocycles. The number of nitrogens with one attached hydrogen (secondary N) is 1. The van der Waals surface area contributed by atoms with Crippen molar-refractivity contribution in [2.75, 3.05) is 11.1 Å². The van der Waals surface area contributed by atoms with Gasteiger partial charge in [0.2, 0.25) is 0 Å². The lowest BCUT2D eigenvalue weighted by Crippen LogP contribution is -2.17. The van der Waals surface area contributed by atoms with E-state index in [4.69, 9.17) is 17.3 Å². The molecule has 3 N–H and O–H groups in total. The average Bonchev–Trinajstić information content (AvgIpc) is 2.40. The van der Waals surface area contributed by atoms with Crippen LogP contribution in [0, 0.1) is 17.5 Å². The largest absolute Gasteiger partial charge is 0.396 e. The number of carbonyl (C=O) groups is 1. The Morgan fingerprint density at radius 1 is 1.10 bits per heavy atom. The molecule has 1 amide bonds. The van der Waals surface area contributed by atoms with Crippen LogP contribution in [0.25, 0.3) is 0 Å². The predicted molar refractivity (Wildman–Crippen MR) is 70.1 cm³/mol. The second-order valence-electron chi connectivity index (χ2n) is 3.88. The normalized spacial score (nSPS) is 10.4. The predicted octanol–water partition coefficient (Wildman–Crippen LogP) is 3.59. The molecule has 0 radical (unpaired) electrons. The summed E-state index contributed by atoms with van der Waals surface area (Å²) < 4.78 is 40.7. The molecule has 2 aromatic rings. The highest BCUT2D eigenvalue weighted by molar-refractivity contribution is 6.31. The SMILES string of the molecule is Nc1ccc(F)c(C(=O)Nc2cccc(Cl)c2F)c1F. The van der Waals surface area contributed by atoms with E-state index in [0.29, 0.717) is 0 Å². The van der Waals surface area contributed by atoms with Gasteiger partial charge in [0.1, 0.15) is 11.4 Å². The van der Waals surface area contributed by atoms with Gasteiger partial charge in [-0.05, 0) is 24.3 Å². The third-order valence-corrected chi connectivity index (χ3v) is 2.84. The Kier molecular flexibility index (Phi) is 3.85. The molecule has 0 spiro atoms. The maximum atomic E-state index is 13.6. The van der Waals surface area contributed by atoms with Crippen LogP contribution in [0.1, 0.15) is 10.4 Å². The molecule has 0 aromatic heterocycles. The number of benzene rings is 2. The van der Waals surface area contributed by atoms with Crippen molar-refractivity contribution in [1.29, 1.82) is 0 Å². The van der Waals surface area contributed by atoms with Gasteiger partial charge in [-0.2, -0.15) is 0 Å². The van der Waals surface area contributed by atoms with Crippen LogP contribution in [0.4, 0.5) is 24.5 Å². The lowest BCUT2D eigenvalue weighted by Gasteiger charge is -2.09. The highest BCUT2D eigenvalue weighted by Crippen LogP contribution is 2.24. The summed E-state index contributed by atoms with van der Waals surface area (Å²) in [6.07, 6.45) is 0. The summed E-state index contributed by atoms with van der Waals surface area (Å²) in [7, 11) is 0. The van der Waals surface area contributed by atoms with Crippen molar-refractivity contribution in [3.05, 3.63) is 58.4 Å². The van der Waals surface area contributed by atoms with E-state index in [9.17, 15) is 18.0 Å². The van der Waals surface area contributed by atoms with Crippen LogP contribution < -0.4 is 11.1 Å². The first-order chi connectivity index (χ1) is 9.41. The molecular formula is C13H8ClF3N2O. The highest BCUT2D eigenvalue weighted by atomic mass is 35.5. The van der Waals surface area contributed by atoms with E-state index < -0.39 is 28.9 Å². The van der Waals surface area contributed by atoms with E-state index in [2.05, 4.69) is 0 Å². The number of halogens is 4. The van der Waals surface area contributed by atoms with Gasteiger partial charge in [0, 0.05) is 0 Å². The molecule has 104 valence electrons. The van der Waals surface area contributed by atoms with Gasteiger partial charge in [-0.25, -0.2) is 13.2 Å². The van der Waals surface area contributed by atoms with Crippen molar-refractivity contribution in [2.24, 2.45) is 0 Å². The van der Waals surface area contributed by atoms with Crippen LogP contribution in [0.15, 0.2) is 30.3 Å². The van der Waals surface area contributed by atoms with E-state index >= 15 is 0 Å². The molecule has 0 fully saturated rings. The van der Waals surface area contributed by atoms with Crippen molar-refractivity contribution in [2.45, 2.75) is 0 Å². The summed E-state index contributed by atoms with van der Waals surface area (Å²) in [4.78, 5) is 11.8. The summed E-state index contributed by atoms with van der Waals surface area (Å²) in [5.41, 5.74) is 3.70. The van der Waals surface area contributed by atoms with E-state index in [1.54, 1.807) is 0 Å². The van der Waals surface area contributed by atoms with Crippen LogP contribution in [-0.2, 0) is 0 Å². The van der Waals surface area contributed by atoms with Crippen LogP contribution in [-0.4, -0.2) is 5.91 Å². The van der Waals surface area contributed by atoms with Crippen molar-refractivity contribution < 1.29 is 18.0 Å². The summed E-state index contributed by atoms with van der Waals surface area (Å²) in [6, 6.07) is 5.70. The maximum absolute atomic E-state index is 13.6. The molecule has 0 bridgehead atoms. The van der Waals surface area contributed by atoms with Gasteiger partial charge in [0.25, 0.3) is 5.91 Å². The molecule has 20 heavy (non-hydrogen) atoms. The minimum atomic E-state index is -1.20. The summed E-state index contributed by atoms with van der Waals surface area (Å²) >= 11 is 5.54. The summed E-state index contributed by atoms with van der Waals surface area (Å²) in [5.74, 6) is -4.36. The average molecular weight is 301 g/mol. The number of hydrogen-bond donors (Lipinski definition) is 2. The Hall–Kier alpha value is -2.21. The lowest BCUT2D eigenvalue weighted by molar-refractivity contribution is 0.101. The zero-order valence-electron chi connectivity index (χ0n) is 9.88. The topological polar surface area (TPSA) is 55.1 Å². The van der Waals surface area contributed by atoms with Gasteiger partial charge in [0.05, 0.1) is 16.4 Å². The number of carbonyl (C=O) groups excluding carboxylic acids is 1. The lowest BCUT2D eigenvalue weighted by atomic mass is 10.1. The number of amides is 1. The Labute approximate surface area is 117 Å². The zero-order valence-corrected chi connectivity index (χ0v) is 10.6. The van der Waals surface area contributed by atoms with E-state index in [0.717, 1.165) is 12.1 Å². The number of anilines is 2. The molecule has 0 aliphatic heterocycles. The maximum Gasteiger partial charge on any atom is 0.261 e. The fourth-order valence-corrected chi connectivity index (χ4v) is 1.74. The minimum Gasteiger partial charge on any atom is -0.396 e. The third kappa shape index (κ3) is 2.55. The second-order valence-corrected chi connectivity index (χ2v) is 4.29. The van der Waals surface area contributed by atoms with Gasteiger partial charge >= 0.3 is 0 Å². The molecule has 0 unspecified atom stereocenters. The third-order valence-electron chi connectivity index (χ3n) is 2.55. The second kappa shape index (κ2) is 5.42. The molecule has 0 aliphatic carbocycles. The highest BCUT2D eigenvalue weighted by Gasteiger charge is 2.21. The number of nitrogens with two attached hydrogens (primary N) is 1. The first kappa shape index (κ1) is 14.2. The molecule has 2 aromatic carbocycles. The molecule has 0 heterocycles. The number of nitrogen functional groups attached to an aromatic ring is 1. The van der Waals surface area contributed by atoms with Crippen LogP contribution in [0.2, 0.25) is 5.02 Å². The minimum absolute atomic E-state index is 0.226. The molecule has 7 heteroatoms. The smallest absolute Gasteiger partial charge is 0.261 e. The van der Waals surface area contributed by atoms with Crippen molar-refractivity contribution in [3.63, 3.8) is 0 Å². The molecule has 2 rings (SSSR count). The molecule has 0 atom stereocenters. The van der Waals surface area contributed by atoms with Crippen LogP contribution in [0.5, 0.6) is 0 Å². The standard InChI is InChI=1S/C13H8ClF3N2O/c14-6-2-1-3-9(11(6)16)19-13(20)10-7(15)4-5-8(18)12(10)17/h1-5H,18H2,(H,19,20). The Bertz CT molecular complexity index is 692. The molecule has 3 nitrogen and oxygen atoms in total. The fourth-order valence-electron chi connectivity index (χ4n) is 1.56. The molecular weight excluding hydrogens is 293 g/mol. The fraction of sp³-hybridized carbons (Fsp3) is 0. The van der Waals surface area contributed by atoms with E-state index in [-0.39, 0.29) is 16.4 Å². The molecule has 0 aliphatic rings. The number of rotatable bonds is 2. The van der Waals surface area contributed by atoms with Crippen LogP contribution >= 0.6 is 11.6 Å². The summed E-state index contributed by atoms with van der Waals surface area (Å²) in [6.45, 7) is 0. The Morgan fingerprint density at radius 2 is 1.80 bits per heavy atom. The van der Waals surface area contributed by atoms with Gasteiger partial charge in [-0.15, -0.1) is 0 Å². The zero-order chi connectivity index (χ0) is 14.9. The Morgan fingerprint density at radius 3 is 2.50 bits per heavy atom. The van der Waals surface area contributed by atoms with Crippen LogP contribution in [0.3, 0.4) is 0 Å². The first-order valence-corrected chi connectivity index (χ1v) is 5.78. The first-order valence-electron chi connectivity index (χ1n) is 5.40. The van der Waals surface area contributed by atoms with Crippen molar-refractivity contribution >= 4 is 28.9 Å².